The topological polar surface area (TPSA) is 79.5 Å². The Morgan fingerprint density at radius 3 is 2.80 bits per heavy atom. The van der Waals surface area contributed by atoms with Crippen molar-refractivity contribution in [1.29, 1.82) is 0 Å². The molecule has 0 aliphatic heterocycles. The van der Waals surface area contributed by atoms with Gasteiger partial charge in [0, 0.05) is 25.6 Å². The van der Waals surface area contributed by atoms with Crippen LogP contribution in [0.25, 0.3) is 0 Å². The van der Waals surface area contributed by atoms with Gasteiger partial charge in [0.15, 0.2) is 5.82 Å². The molecule has 0 aromatic carbocycles. The lowest BCUT2D eigenvalue weighted by molar-refractivity contribution is 1.04. The van der Waals surface area contributed by atoms with Crippen molar-refractivity contribution in [2.45, 2.75) is 0 Å². The van der Waals surface area contributed by atoms with E-state index in [2.05, 4.69) is 15.8 Å². The van der Waals surface area contributed by atoms with Gasteiger partial charge in [0.1, 0.15) is 0 Å². The van der Waals surface area contributed by atoms with Crippen molar-refractivity contribution in [2.75, 3.05) is 7.05 Å². The van der Waals surface area contributed by atoms with Gasteiger partial charge in [-0.25, -0.2) is 0 Å². The van der Waals surface area contributed by atoms with Crippen molar-refractivity contribution in [1.82, 2.24) is 10.6 Å². The van der Waals surface area contributed by atoms with E-state index >= 15 is 0 Å². The van der Waals surface area contributed by atoms with Crippen LogP contribution in [0.4, 0.5) is 0 Å². The summed E-state index contributed by atoms with van der Waals surface area (Å²) in [7, 11) is 1.75. The highest BCUT2D eigenvalue weighted by Crippen LogP contribution is 1.78. The maximum Gasteiger partial charge on any atom is 0.184 e. The summed E-state index contributed by atoms with van der Waals surface area (Å²) in [6, 6.07) is 0. The first-order chi connectivity index (χ1) is 4.81. The molecule has 0 fully saturated rings. The summed E-state index contributed by atoms with van der Waals surface area (Å²) in [6.45, 7) is 0. The van der Waals surface area contributed by atoms with Crippen LogP contribution in [0.1, 0.15) is 0 Å². The highest BCUT2D eigenvalue weighted by Gasteiger charge is 1.79. The Kier molecular flexibility index (Phi) is 4.76. The molecule has 0 amide bonds. The quantitative estimate of drug-likeness (QED) is 0.474. The van der Waals surface area contributed by atoms with Crippen molar-refractivity contribution in [3.63, 3.8) is 0 Å². The van der Waals surface area contributed by atoms with Crippen LogP contribution in [-0.2, 0) is 0 Å². The van der Waals surface area contributed by atoms with Gasteiger partial charge in [0.2, 0.25) is 0 Å². The summed E-state index contributed by atoms with van der Waals surface area (Å²) >= 11 is 0. The van der Waals surface area contributed by atoms with Gasteiger partial charge in [-0.15, -0.1) is 4.91 Å². The molecule has 0 aromatic rings. The fraction of sp³-hybridized carbons (Fsp3) is 0.200. The van der Waals surface area contributed by atoms with Crippen LogP contribution in [-0.4, -0.2) is 7.05 Å². The molecular formula is C5H10N4O. The van der Waals surface area contributed by atoms with Crippen LogP contribution < -0.4 is 16.4 Å². The molecule has 0 aliphatic rings. The molecule has 0 radical (unpaired) electrons. The number of nitroso groups, excluding NO2 is 1. The molecular weight excluding hydrogens is 132 g/mol. The summed E-state index contributed by atoms with van der Waals surface area (Å²) in [5, 5.41) is 7.81. The molecule has 0 aliphatic carbocycles. The predicted molar refractivity (Wildman–Crippen MR) is 39.4 cm³/mol. The lowest BCUT2D eigenvalue weighted by Crippen LogP contribution is -2.02. The molecule has 0 bridgehead atoms. The van der Waals surface area contributed by atoms with Crippen molar-refractivity contribution in [2.24, 2.45) is 10.9 Å². The molecule has 0 spiro atoms. The summed E-state index contributed by atoms with van der Waals surface area (Å²) in [4.78, 5) is 9.65. The van der Waals surface area contributed by atoms with Crippen LogP contribution in [0.3, 0.4) is 0 Å². The van der Waals surface area contributed by atoms with Crippen LogP contribution in [0.5, 0.6) is 0 Å². The second kappa shape index (κ2) is 5.61. The SMILES string of the molecule is CN/C=C\N/C=C(/N)N=O. The average molecular weight is 142 g/mol. The van der Waals surface area contributed by atoms with Crippen molar-refractivity contribution in [3.8, 4) is 0 Å². The molecule has 0 aromatic heterocycles. The summed E-state index contributed by atoms with van der Waals surface area (Å²) in [5.74, 6) is -0.0826. The average Bonchev–Trinajstić information content (AvgIpc) is 1.98. The van der Waals surface area contributed by atoms with E-state index < -0.39 is 0 Å². The molecule has 5 nitrogen and oxygen atoms in total. The highest BCUT2D eigenvalue weighted by molar-refractivity contribution is 4.95. The molecule has 4 N–H and O–H groups in total. The number of rotatable bonds is 4. The first kappa shape index (κ1) is 8.48. The fourth-order valence-corrected chi connectivity index (χ4v) is 0.291. The number of nitrogens with one attached hydrogen (secondary N) is 2. The Balaban J connectivity index is 3.52. The van der Waals surface area contributed by atoms with Gasteiger partial charge in [-0.05, 0) is 5.18 Å². The second-order valence-electron chi connectivity index (χ2n) is 1.45. The number of hydrogen-bond acceptors (Lipinski definition) is 5. The van der Waals surface area contributed by atoms with Crippen LogP contribution in [0, 0.1) is 4.91 Å². The maximum absolute atomic E-state index is 9.65. The number of nitrogens with zero attached hydrogens (tertiary/aromatic N) is 1. The molecule has 0 atom stereocenters. The molecule has 5 heteroatoms. The van der Waals surface area contributed by atoms with Crippen molar-refractivity contribution >= 4 is 0 Å². The minimum Gasteiger partial charge on any atom is -0.393 e. The molecule has 0 unspecified atom stereocenters. The van der Waals surface area contributed by atoms with E-state index in [1.165, 1.54) is 6.20 Å². The monoisotopic (exact) mass is 142 g/mol. The zero-order chi connectivity index (χ0) is 7.82. The highest BCUT2D eigenvalue weighted by atomic mass is 16.3. The van der Waals surface area contributed by atoms with Crippen LogP contribution in [0.2, 0.25) is 0 Å². The Labute approximate surface area is 59.0 Å². The molecule has 0 heterocycles. The summed E-state index contributed by atoms with van der Waals surface area (Å²) in [6.07, 6.45) is 4.52. The molecule has 0 saturated carbocycles. The van der Waals surface area contributed by atoms with E-state index in [9.17, 15) is 4.91 Å². The molecule has 56 valence electrons. The maximum atomic E-state index is 9.65. The minimum absolute atomic E-state index is 0.0826. The van der Waals surface area contributed by atoms with Gasteiger partial charge in [0.25, 0.3) is 0 Å². The van der Waals surface area contributed by atoms with Gasteiger partial charge < -0.3 is 16.4 Å². The molecule has 0 rings (SSSR count). The van der Waals surface area contributed by atoms with Gasteiger partial charge >= 0.3 is 0 Å². The van der Waals surface area contributed by atoms with Crippen LogP contribution in [0.15, 0.2) is 29.6 Å². The van der Waals surface area contributed by atoms with E-state index in [0.29, 0.717) is 0 Å². The normalized spacial score (nSPS) is 11.5. The van der Waals surface area contributed by atoms with E-state index in [-0.39, 0.29) is 5.82 Å². The summed E-state index contributed by atoms with van der Waals surface area (Å²) in [5.41, 5.74) is 5.02. The smallest absolute Gasteiger partial charge is 0.184 e. The van der Waals surface area contributed by atoms with E-state index in [4.69, 9.17) is 5.73 Å². The standard InChI is InChI=1S/C5H10N4O/c1-7-2-3-8-4-5(6)9-10/h2-4,7-8H,6H2,1H3/b3-2-,5-4-. The third-order valence-electron chi connectivity index (χ3n) is 0.683. The number of nitrogens with two attached hydrogens (primary N) is 1. The second-order valence-corrected chi connectivity index (χ2v) is 1.45. The van der Waals surface area contributed by atoms with Gasteiger partial charge in [-0.3, -0.25) is 0 Å². The first-order valence-corrected chi connectivity index (χ1v) is 2.68. The largest absolute Gasteiger partial charge is 0.393 e. The first-order valence-electron chi connectivity index (χ1n) is 2.68. The third kappa shape index (κ3) is 4.63. The van der Waals surface area contributed by atoms with Gasteiger partial charge in [0.05, 0.1) is 0 Å². The van der Waals surface area contributed by atoms with Gasteiger partial charge in [-0.2, -0.15) is 0 Å². The summed E-state index contributed by atoms with van der Waals surface area (Å²) < 4.78 is 0. The minimum atomic E-state index is -0.0826. The van der Waals surface area contributed by atoms with Crippen LogP contribution >= 0.6 is 0 Å². The Morgan fingerprint density at radius 2 is 2.30 bits per heavy atom. The molecule has 10 heavy (non-hydrogen) atoms. The third-order valence-corrected chi connectivity index (χ3v) is 0.683. The van der Waals surface area contributed by atoms with E-state index in [1.807, 2.05) is 0 Å². The number of hydrogen-bond donors (Lipinski definition) is 3. The van der Waals surface area contributed by atoms with E-state index in [0.717, 1.165) is 0 Å². The Morgan fingerprint density at radius 1 is 1.60 bits per heavy atom. The fourth-order valence-electron chi connectivity index (χ4n) is 0.291. The van der Waals surface area contributed by atoms with Crippen molar-refractivity contribution < 1.29 is 0 Å². The lowest BCUT2D eigenvalue weighted by Gasteiger charge is -1.89. The molecule has 0 saturated heterocycles. The zero-order valence-corrected chi connectivity index (χ0v) is 5.66. The van der Waals surface area contributed by atoms with E-state index in [1.54, 1.807) is 19.4 Å². The Hall–Kier alpha value is -1.52. The zero-order valence-electron chi connectivity index (χ0n) is 5.66. The van der Waals surface area contributed by atoms with Gasteiger partial charge in [-0.1, -0.05) is 0 Å². The van der Waals surface area contributed by atoms with Crippen molar-refractivity contribution in [3.05, 3.63) is 29.3 Å². The predicted octanol–water partition coefficient (Wildman–Crippen LogP) is -0.209. The Bertz CT molecular complexity index is 152. The lowest BCUT2D eigenvalue weighted by atomic mass is 10.7.